The van der Waals surface area contributed by atoms with Gasteiger partial charge in [0.25, 0.3) is 0 Å². The first-order valence-electron chi connectivity index (χ1n) is 12.8. The van der Waals surface area contributed by atoms with Crippen LogP contribution in [-0.4, -0.2) is 12.5 Å². The Bertz CT molecular complexity index is 1080. The predicted octanol–water partition coefficient (Wildman–Crippen LogP) is 7.76. The summed E-state index contributed by atoms with van der Waals surface area (Å²) in [6, 6.07) is 15.9. The van der Waals surface area contributed by atoms with E-state index in [4.69, 9.17) is 0 Å². The van der Waals surface area contributed by atoms with Crippen molar-refractivity contribution in [3.05, 3.63) is 89.5 Å². The maximum atomic E-state index is 13.0. The summed E-state index contributed by atoms with van der Waals surface area (Å²) in [6.45, 7) is 3.11. The van der Waals surface area contributed by atoms with Gasteiger partial charge in [0.15, 0.2) is 0 Å². The molecule has 0 radical (unpaired) electrons. The molecule has 2 aromatic carbocycles. The molecule has 170 valence electrons. The molecule has 0 bridgehead atoms. The molecule has 2 aromatic rings. The second-order valence-electron chi connectivity index (χ2n) is 9.87. The molecule has 0 spiro atoms. The van der Waals surface area contributed by atoms with Gasteiger partial charge in [-0.05, 0) is 90.3 Å². The van der Waals surface area contributed by atoms with Crippen molar-refractivity contribution in [2.24, 2.45) is 5.92 Å². The molecule has 5 rings (SSSR count). The van der Waals surface area contributed by atoms with Gasteiger partial charge in [0.05, 0.1) is 6.42 Å². The minimum absolute atomic E-state index is 0.196. The van der Waals surface area contributed by atoms with E-state index in [1.54, 1.807) is 0 Å². The highest BCUT2D eigenvalue weighted by Gasteiger charge is 2.25. The highest BCUT2D eigenvalue weighted by atomic mass is 16.2. The fraction of sp³-hybridized carbons (Fsp3) is 0.387. The number of nitrogens with zero attached hydrogens (tertiary/aromatic N) is 1. The van der Waals surface area contributed by atoms with Gasteiger partial charge < -0.3 is 4.90 Å². The third kappa shape index (κ3) is 4.90. The number of fused-ring (bicyclic) bond motifs is 1. The molecular formula is C31H35NO. The number of carbonyl (C=O) groups excluding carboxylic acids is 1. The molecule has 2 heteroatoms. The van der Waals surface area contributed by atoms with Gasteiger partial charge in [-0.25, -0.2) is 0 Å². The lowest BCUT2D eigenvalue weighted by Crippen LogP contribution is -2.28. The fourth-order valence-electron chi connectivity index (χ4n) is 5.72. The van der Waals surface area contributed by atoms with Crippen LogP contribution >= 0.6 is 0 Å². The standard InChI is InChI=1S/C31H35NO/c1-2-23-9-11-25(12-10-23)26-13-15-27(16-14-26)28-17-18-30-29(22-28)19-20-32(30)31(33)21-24-7-5-3-4-6-8-24/h3-5,7-8,13-18,22-23,25H,2,6,9-12,19-21H2,1H3. The van der Waals surface area contributed by atoms with Crippen molar-refractivity contribution in [3.8, 4) is 11.1 Å². The zero-order chi connectivity index (χ0) is 22.6. The highest BCUT2D eigenvalue weighted by molar-refractivity contribution is 5.97. The Kier molecular flexibility index (Phi) is 6.62. The van der Waals surface area contributed by atoms with Crippen LogP contribution in [0.2, 0.25) is 0 Å². The van der Waals surface area contributed by atoms with Crippen LogP contribution < -0.4 is 4.90 Å². The Morgan fingerprint density at radius 3 is 2.55 bits per heavy atom. The van der Waals surface area contributed by atoms with Crippen LogP contribution in [0, 0.1) is 5.92 Å². The van der Waals surface area contributed by atoms with Crippen molar-refractivity contribution in [2.75, 3.05) is 11.4 Å². The van der Waals surface area contributed by atoms with Gasteiger partial charge in [-0.2, -0.15) is 0 Å². The number of anilines is 1. The molecule has 1 fully saturated rings. The van der Waals surface area contributed by atoms with Gasteiger partial charge in [0, 0.05) is 12.2 Å². The minimum atomic E-state index is 0.196. The average Bonchev–Trinajstić information content (AvgIpc) is 3.13. The van der Waals surface area contributed by atoms with Gasteiger partial charge in [0.1, 0.15) is 0 Å². The number of rotatable bonds is 5. The third-order valence-corrected chi connectivity index (χ3v) is 7.84. The van der Waals surface area contributed by atoms with Gasteiger partial charge in [-0.1, -0.05) is 74.1 Å². The van der Waals surface area contributed by atoms with Crippen molar-refractivity contribution in [2.45, 2.75) is 64.2 Å². The number of carbonyl (C=O) groups is 1. The normalized spacial score (nSPS) is 22.1. The monoisotopic (exact) mass is 437 g/mol. The van der Waals surface area contributed by atoms with Crippen molar-refractivity contribution in [1.29, 1.82) is 0 Å². The number of allylic oxidation sites excluding steroid dienone is 5. The Balaban J connectivity index is 1.26. The first-order valence-corrected chi connectivity index (χ1v) is 12.8. The van der Waals surface area contributed by atoms with E-state index in [-0.39, 0.29) is 5.91 Å². The van der Waals surface area contributed by atoms with Gasteiger partial charge in [0.2, 0.25) is 5.91 Å². The summed E-state index contributed by atoms with van der Waals surface area (Å²) < 4.78 is 0. The average molecular weight is 438 g/mol. The molecule has 3 aliphatic rings. The summed E-state index contributed by atoms with van der Waals surface area (Å²) in [5.41, 5.74) is 7.51. The summed E-state index contributed by atoms with van der Waals surface area (Å²) in [4.78, 5) is 15.0. The Hall–Kier alpha value is -2.87. The second-order valence-corrected chi connectivity index (χ2v) is 9.87. The molecule has 0 N–H and O–H groups in total. The molecule has 1 heterocycles. The second kappa shape index (κ2) is 9.95. The Labute approximate surface area is 198 Å². The van der Waals surface area contributed by atoms with Crippen LogP contribution in [0.3, 0.4) is 0 Å². The Morgan fingerprint density at radius 1 is 0.970 bits per heavy atom. The smallest absolute Gasteiger partial charge is 0.231 e. The largest absolute Gasteiger partial charge is 0.312 e. The quantitative estimate of drug-likeness (QED) is 0.468. The number of benzene rings is 2. The van der Waals surface area contributed by atoms with E-state index in [2.05, 4.69) is 67.6 Å². The van der Waals surface area contributed by atoms with Crippen molar-refractivity contribution in [1.82, 2.24) is 0 Å². The zero-order valence-corrected chi connectivity index (χ0v) is 19.8. The number of amides is 1. The lowest BCUT2D eigenvalue weighted by molar-refractivity contribution is -0.117. The summed E-state index contributed by atoms with van der Waals surface area (Å²) >= 11 is 0. The SMILES string of the molecule is CCC1CCC(c2ccc(-c3ccc4c(c3)CCN4C(=O)CC3=CCC=CC=C3)cc2)CC1. The van der Waals surface area contributed by atoms with Crippen molar-refractivity contribution < 1.29 is 4.79 Å². The first kappa shape index (κ1) is 21.9. The summed E-state index contributed by atoms with van der Waals surface area (Å²) in [5.74, 6) is 1.87. The van der Waals surface area contributed by atoms with Crippen LogP contribution in [0.15, 0.2) is 78.4 Å². The van der Waals surface area contributed by atoms with Crippen LogP contribution in [0.4, 0.5) is 5.69 Å². The zero-order valence-electron chi connectivity index (χ0n) is 19.8. The van der Waals surface area contributed by atoms with Crippen LogP contribution in [0.5, 0.6) is 0 Å². The maximum Gasteiger partial charge on any atom is 0.231 e. The van der Waals surface area contributed by atoms with E-state index in [1.807, 2.05) is 17.1 Å². The van der Waals surface area contributed by atoms with E-state index >= 15 is 0 Å². The van der Waals surface area contributed by atoms with E-state index in [1.165, 1.54) is 54.4 Å². The molecule has 33 heavy (non-hydrogen) atoms. The molecule has 0 aromatic heterocycles. The molecule has 1 saturated carbocycles. The molecule has 0 unspecified atom stereocenters. The topological polar surface area (TPSA) is 20.3 Å². The maximum absolute atomic E-state index is 13.0. The summed E-state index contributed by atoms with van der Waals surface area (Å²) in [7, 11) is 0. The summed E-state index contributed by atoms with van der Waals surface area (Å²) in [6.07, 6.45) is 19.5. The van der Waals surface area contributed by atoms with E-state index < -0.39 is 0 Å². The van der Waals surface area contributed by atoms with Crippen LogP contribution in [0.25, 0.3) is 11.1 Å². The molecule has 0 saturated heterocycles. The van der Waals surface area contributed by atoms with Gasteiger partial charge in [-0.3, -0.25) is 4.79 Å². The molecule has 0 atom stereocenters. The van der Waals surface area contributed by atoms with Crippen LogP contribution in [-0.2, 0) is 11.2 Å². The van der Waals surface area contributed by atoms with Crippen molar-refractivity contribution in [3.63, 3.8) is 0 Å². The molecular weight excluding hydrogens is 402 g/mol. The fourth-order valence-corrected chi connectivity index (χ4v) is 5.72. The van der Waals surface area contributed by atoms with E-state index in [9.17, 15) is 4.79 Å². The van der Waals surface area contributed by atoms with E-state index in [0.29, 0.717) is 6.42 Å². The van der Waals surface area contributed by atoms with Gasteiger partial charge in [-0.15, -0.1) is 0 Å². The highest BCUT2D eigenvalue weighted by Crippen LogP contribution is 2.38. The summed E-state index contributed by atoms with van der Waals surface area (Å²) in [5, 5.41) is 0. The molecule has 2 aliphatic carbocycles. The minimum Gasteiger partial charge on any atom is -0.312 e. The Morgan fingerprint density at radius 2 is 1.76 bits per heavy atom. The molecule has 1 amide bonds. The number of hydrogen-bond donors (Lipinski definition) is 0. The number of hydrogen-bond acceptors (Lipinski definition) is 1. The van der Waals surface area contributed by atoms with E-state index in [0.717, 1.165) is 42.5 Å². The predicted molar refractivity (Wildman–Crippen MR) is 139 cm³/mol. The lowest BCUT2D eigenvalue weighted by atomic mass is 9.77. The first-order chi connectivity index (χ1) is 16.2. The van der Waals surface area contributed by atoms with Gasteiger partial charge >= 0.3 is 0 Å². The van der Waals surface area contributed by atoms with Crippen LogP contribution in [0.1, 0.15) is 68.9 Å². The lowest BCUT2D eigenvalue weighted by Gasteiger charge is -2.28. The molecule has 2 nitrogen and oxygen atoms in total. The molecule has 1 aliphatic heterocycles. The van der Waals surface area contributed by atoms with Crippen molar-refractivity contribution >= 4 is 11.6 Å². The third-order valence-electron chi connectivity index (χ3n) is 7.84.